The zero-order chi connectivity index (χ0) is 7.68. The number of piperidine rings is 1. The van der Waals surface area contributed by atoms with Gasteiger partial charge in [-0.3, -0.25) is 4.90 Å². The van der Waals surface area contributed by atoms with Gasteiger partial charge in [0.05, 0.1) is 19.3 Å². The van der Waals surface area contributed by atoms with E-state index in [4.69, 9.17) is 4.74 Å². The van der Waals surface area contributed by atoms with Gasteiger partial charge in [-0.25, -0.2) is 0 Å². The Hall–Kier alpha value is 0.270. The molecule has 0 spiro atoms. The van der Waals surface area contributed by atoms with Gasteiger partial charge < -0.3 is 4.74 Å². The van der Waals surface area contributed by atoms with Gasteiger partial charge in [-0.05, 0) is 25.9 Å². The van der Waals surface area contributed by atoms with Crippen molar-refractivity contribution in [2.45, 2.75) is 24.1 Å². The third-order valence-electron chi connectivity index (χ3n) is 2.64. The Kier molecular flexibility index (Phi) is 2.39. The Balaban J connectivity index is 1.77. The number of hydrogen-bond acceptors (Lipinski definition) is 3. The van der Waals surface area contributed by atoms with Gasteiger partial charge in [-0.2, -0.15) is 12.6 Å². The molecule has 0 aromatic carbocycles. The van der Waals surface area contributed by atoms with E-state index in [-0.39, 0.29) is 0 Å². The number of ether oxygens (including phenoxy) is 1. The van der Waals surface area contributed by atoms with Crippen molar-refractivity contribution in [1.29, 1.82) is 0 Å². The first kappa shape index (κ1) is 7.90. The zero-order valence-electron chi connectivity index (χ0n) is 6.70. The normalized spacial score (nSPS) is 30.3. The smallest absolute Gasteiger partial charge is 0.0645 e. The summed E-state index contributed by atoms with van der Waals surface area (Å²) < 4.78 is 5.15. The maximum absolute atomic E-state index is 5.15. The van der Waals surface area contributed by atoms with Crippen molar-refractivity contribution in [3.8, 4) is 0 Å². The maximum atomic E-state index is 5.15. The van der Waals surface area contributed by atoms with Crippen LogP contribution in [0.1, 0.15) is 12.8 Å². The van der Waals surface area contributed by atoms with E-state index < -0.39 is 0 Å². The van der Waals surface area contributed by atoms with E-state index in [9.17, 15) is 0 Å². The molecule has 2 nitrogen and oxygen atoms in total. The molecule has 2 saturated heterocycles. The monoisotopic (exact) mass is 173 g/mol. The lowest BCUT2D eigenvalue weighted by Crippen LogP contribution is -2.51. The van der Waals surface area contributed by atoms with Gasteiger partial charge >= 0.3 is 0 Å². The molecule has 64 valence electrons. The fraction of sp³-hybridized carbons (Fsp3) is 1.00. The van der Waals surface area contributed by atoms with Crippen LogP contribution in [0.4, 0.5) is 0 Å². The highest BCUT2D eigenvalue weighted by atomic mass is 32.1. The SMILES string of the molecule is SC1CCN(C2COC2)CC1. The summed E-state index contributed by atoms with van der Waals surface area (Å²) in [6.45, 7) is 4.36. The first-order valence-corrected chi connectivity index (χ1v) is 4.88. The molecule has 0 saturated carbocycles. The fourth-order valence-corrected chi connectivity index (χ4v) is 1.92. The van der Waals surface area contributed by atoms with Crippen molar-refractivity contribution < 1.29 is 4.74 Å². The molecule has 0 amide bonds. The Morgan fingerprint density at radius 1 is 1.18 bits per heavy atom. The van der Waals surface area contributed by atoms with Crippen LogP contribution in [0.2, 0.25) is 0 Å². The lowest BCUT2D eigenvalue weighted by Gasteiger charge is -2.40. The molecule has 2 fully saturated rings. The number of likely N-dealkylation sites (tertiary alicyclic amines) is 1. The van der Waals surface area contributed by atoms with E-state index in [2.05, 4.69) is 17.5 Å². The van der Waals surface area contributed by atoms with Crippen LogP contribution < -0.4 is 0 Å². The number of hydrogen-bond donors (Lipinski definition) is 1. The molecule has 0 radical (unpaired) electrons. The second-order valence-electron chi connectivity index (χ2n) is 3.46. The van der Waals surface area contributed by atoms with E-state index in [0.29, 0.717) is 5.25 Å². The molecule has 2 heterocycles. The van der Waals surface area contributed by atoms with Crippen molar-refractivity contribution in [3.63, 3.8) is 0 Å². The van der Waals surface area contributed by atoms with Crippen molar-refractivity contribution >= 4 is 12.6 Å². The summed E-state index contributed by atoms with van der Waals surface area (Å²) in [5.41, 5.74) is 0. The van der Waals surface area contributed by atoms with Crippen LogP contribution in [0.25, 0.3) is 0 Å². The van der Waals surface area contributed by atoms with Crippen LogP contribution in [-0.4, -0.2) is 42.5 Å². The van der Waals surface area contributed by atoms with Crippen molar-refractivity contribution in [1.82, 2.24) is 4.90 Å². The van der Waals surface area contributed by atoms with Crippen LogP contribution in [0, 0.1) is 0 Å². The molecule has 2 rings (SSSR count). The third kappa shape index (κ3) is 1.71. The van der Waals surface area contributed by atoms with Gasteiger partial charge in [0.15, 0.2) is 0 Å². The van der Waals surface area contributed by atoms with Gasteiger partial charge in [-0.1, -0.05) is 0 Å². The molecule has 2 aliphatic rings. The van der Waals surface area contributed by atoms with E-state index in [1.807, 2.05) is 0 Å². The van der Waals surface area contributed by atoms with E-state index >= 15 is 0 Å². The van der Waals surface area contributed by atoms with Crippen LogP contribution in [0.3, 0.4) is 0 Å². The number of nitrogens with zero attached hydrogens (tertiary/aromatic N) is 1. The molecule has 0 unspecified atom stereocenters. The summed E-state index contributed by atoms with van der Waals surface area (Å²) in [4.78, 5) is 2.54. The van der Waals surface area contributed by atoms with E-state index in [0.717, 1.165) is 19.3 Å². The topological polar surface area (TPSA) is 12.5 Å². The highest BCUT2D eigenvalue weighted by Gasteiger charge is 2.28. The standard InChI is InChI=1S/C8H15NOS/c11-8-1-3-9(4-2-8)7-5-10-6-7/h7-8,11H,1-6H2. The Morgan fingerprint density at radius 2 is 1.82 bits per heavy atom. The molecule has 0 N–H and O–H groups in total. The van der Waals surface area contributed by atoms with Crippen LogP contribution in [-0.2, 0) is 4.74 Å². The van der Waals surface area contributed by atoms with E-state index in [1.54, 1.807) is 0 Å². The summed E-state index contributed by atoms with van der Waals surface area (Å²) in [7, 11) is 0. The minimum absolute atomic E-state index is 0.646. The van der Waals surface area contributed by atoms with Crippen LogP contribution >= 0.6 is 12.6 Å². The Bertz CT molecular complexity index is 130. The number of thiol groups is 1. The fourth-order valence-electron chi connectivity index (χ4n) is 1.69. The Morgan fingerprint density at radius 3 is 2.27 bits per heavy atom. The lowest BCUT2D eigenvalue weighted by atomic mass is 10.1. The summed E-state index contributed by atoms with van der Waals surface area (Å²) in [5, 5.41) is 0.646. The van der Waals surface area contributed by atoms with Crippen LogP contribution in [0.15, 0.2) is 0 Å². The minimum atomic E-state index is 0.646. The third-order valence-corrected chi connectivity index (χ3v) is 3.15. The molecule has 0 aromatic heterocycles. The van der Waals surface area contributed by atoms with Gasteiger partial charge in [0, 0.05) is 5.25 Å². The summed E-state index contributed by atoms with van der Waals surface area (Å²) in [6, 6.07) is 0.732. The number of rotatable bonds is 1. The summed E-state index contributed by atoms with van der Waals surface area (Å²) in [5.74, 6) is 0. The molecule has 3 heteroatoms. The Labute approximate surface area is 73.3 Å². The molecule has 11 heavy (non-hydrogen) atoms. The first-order valence-electron chi connectivity index (χ1n) is 4.36. The molecule has 0 bridgehead atoms. The average molecular weight is 173 g/mol. The lowest BCUT2D eigenvalue weighted by molar-refractivity contribution is -0.0693. The van der Waals surface area contributed by atoms with Crippen molar-refractivity contribution in [3.05, 3.63) is 0 Å². The zero-order valence-corrected chi connectivity index (χ0v) is 7.59. The molecule has 0 aromatic rings. The largest absolute Gasteiger partial charge is 0.378 e. The molecule has 0 atom stereocenters. The predicted octanol–water partition coefficient (Wildman–Crippen LogP) is 0.779. The second-order valence-corrected chi connectivity index (χ2v) is 4.19. The van der Waals surface area contributed by atoms with Crippen LogP contribution in [0.5, 0.6) is 0 Å². The van der Waals surface area contributed by atoms with Gasteiger partial charge in [0.1, 0.15) is 0 Å². The summed E-state index contributed by atoms with van der Waals surface area (Å²) in [6.07, 6.45) is 2.50. The van der Waals surface area contributed by atoms with E-state index in [1.165, 1.54) is 25.9 Å². The van der Waals surface area contributed by atoms with Gasteiger partial charge in [0.2, 0.25) is 0 Å². The highest BCUT2D eigenvalue weighted by Crippen LogP contribution is 2.20. The molecule has 0 aliphatic carbocycles. The first-order chi connectivity index (χ1) is 5.36. The van der Waals surface area contributed by atoms with Crippen molar-refractivity contribution in [2.75, 3.05) is 26.3 Å². The van der Waals surface area contributed by atoms with Gasteiger partial charge in [-0.15, -0.1) is 0 Å². The summed E-state index contributed by atoms with van der Waals surface area (Å²) >= 11 is 4.46. The molecule has 2 aliphatic heterocycles. The predicted molar refractivity (Wildman–Crippen MR) is 48.2 cm³/mol. The molecular formula is C8H15NOS. The molecular weight excluding hydrogens is 158 g/mol. The van der Waals surface area contributed by atoms with Crippen molar-refractivity contribution in [2.24, 2.45) is 0 Å². The minimum Gasteiger partial charge on any atom is -0.378 e. The average Bonchev–Trinajstić information content (AvgIpc) is 1.90. The van der Waals surface area contributed by atoms with Gasteiger partial charge in [0.25, 0.3) is 0 Å². The quantitative estimate of drug-likeness (QED) is 0.588. The highest BCUT2D eigenvalue weighted by molar-refractivity contribution is 7.80. The second kappa shape index (κ2) is 3.33. The maximum Gasteiger partial charge on any atom is 0.0645 e.